The van der Waals surface area contributed by atoms with Crippen molar-refractivity contribution in [3.63, 3.8) is 0 Å². The molecule has 1 aliphatic carbocycles. The maximum atomic E-state index is 2.60. The molecule has 0 bridgehead atoms. The van der Waals surface area contributed by atoms with Gasteiger partial charge in [0.15, 0.2) is 0 Å². The van der Waals surface area contributed by atoms with Crippen LogP contribution < -0.4 is 26.2 Å². The molecule has 0 atom stereocenters. The van der Waals surface area contributed by atoms with Crippen LogP contribution in [0.1, 0.15) is 43.6 Å². The number of para-hydroxylation sites is 1. The third kappa shape index (κ3) is 5.89. The first-order valence-electron chi connectivity index (χ1n) is 20.7. The lowest BCUT2D eigenvalue weighted by atomic mass is 9.33. The molecule has 8 aromatic rings. The van der Waals surface area contributed by atoms with Crippen molar-refractivity contribution < 1.29 is 0 Å². The predicted octanol–water partition coefficient (Wildman–Crippen LogP) is 12.8. The lowest BCUT2D eigenvalue weighted by Crippen LogP contribution is -2.61. The van der Waals surface area contributed by atoms with Crippen molar-refractivity contribution in [2.75, 3.05) is 9.80 Å². The molecule has 0 saturated heterocycles. The Morgan fingerprint density at radius 1 is 0.351 bits per heavy atom. The van der Waals surface area contributed by atoms with E-state index >= 15 is 0 Å². The van der Waals surface area contributed by atoms with Crippen LogP contribution in [0.3, 0.4) is 0 Å². The molecule has 3 heteroatoms. The highest BCUT2D eigenvalue weighted by molar-refractivity contribution is 7.00. The maximum absolute atomic E-state index is 2.60. The average molecular weight is 731 g/mol. The Morgan fingerprint density at radius 3 is 1.40 bits per heavy atom. The lowest BCUT2D eigenvalue weighted by molar-refractivity contribution is 0.444. The Labute approximate surface area is 336 Å². The third-order valence-electron chi connectivity index (χ3n) is 12.6. The number of hydrogen-bond donors (Lipinski definition) is 0. The highest BCUT2D eigenvalue weighted by Crippen LogP contribution is 2.48. The first-order valence-corrected chi connectivity index (χ1v) is 20.7. The summed E-state index contributed by atoms with van der Waals surface area (Å²) in [7, 11) is 0. The van der Waals surface area contributed by atoms with Crippen LogP contribution in [-0.2, 0) is 0 Å². The van der Waals surface area contributed by atoms with Crippen molar-refractivity contribution >= 4 is 57.2 Å². The van der Waals surface area contributed by atoms with Crippen molar-refractivity contribution in [1.82, 2.24) is 0 Å². The van der Waals surface area contributed by atoms with Gasteiger partial charge >= 0.3 is 0 Å². The van der Waals surface area contributed by atoms with E-state index in [-0.39, 0.29) is 6.71 Å². The molecule has 8 aromatic carbocycles. The van der Waals surface area contributed by atoms with Gasteiger partial charge < -0.3 is 9.80 Å². The van der Waals surface area contributed by atoms with Gasteiger partial charge in [0.05, 0.1) is 0 Å². The molecule has 0 aromatic heterocycles. The number of fused-ring (bicyclic) bond motifs is 4. The summed E-state index contributed by atoms with van der Waals surface area (Å²) in [4.78, 5) is 5.17. The average Bonchev–Trinajstić information content (AvgIpc) is 3.30. The van der Waals surface area contributed by atoms with Gasteiger partial charge in [0.1, 0.15) is 0 Å². The third-order valence-corrected chi connectivity index (χ3v) is 12.6. The van der Waals surface area contributed by atoms with E-state index in [1.54, 1.807) is 0 Å². The molecule has 0 radical (unpaired) electrons. The van der Waals surface area contributed by atoms with Crippen molar-refractivity contribution in [2.45, 2.75) is 38.0 Å². The van der Waals surface area contributed by atoms with Crippen LogP contribution in [0.15, 0.2) is 194 Å². The molecular weight excluding hydrogens is 687 g/mol. The highest BCUT2D eigenvalue weighted by Gasteiger charge is 2.44. The number of nitrogens with zero attached hydrogens (tertiary/aromatic N) is 2. The molecule has 1 fully saturated rings. The second-order valence-electron chi connectivity index (χ2n) is 15.9. The van der Waals surface area contributed by atoms with Gasteiger partial charge in [-0.1, -0.05) is 165 Å². The SMILES string of the molecule is c1ccc(-c2cccc(N3c4ccccc4B4c5ccc(-c6ccccc6)cc5N(c5cccc(-c6ccccc6)c5)c5cc(C6CCCCC6)cc3c54)c2)cc1. The summed E-state index contributed by atoms with van der Waals surface area (Å²) in [6, 6.07) is 72.3. The van der Waals surface area contributed by atoms with E-state index in [2.05, 4.69) is 204 Å². The number of anilines is 6. The maximum Gasteiger partial charge on any atom is 0.252 e. The van der Waals surface area contributed by atoms with E-state index in [1.165, 1.54) is 122 Å². The molecular formula is C54H43BN2. The fourth-order valence-electron chi connectivity index (χ4n) is 9.91. The van der Waals surface area contributed by atoms with Gasteiger partial charge in [-0.3, -0.25) is 0 Å². The molecule has 1 saturated carbocycles. The summed E-state index contributed by atoms with van der Waals surface area (Å²) in [6.45, 7) is 0.0774. The minimum atomic E-state index is 0.0774. The van der Waals surface area contributed by atoms with Gasteiger partial charge in [-0.2, -0.15) is 0 Å². The summed E-state index contributed by atoms with van der Waals surface area (Å²) >= 11 is 0. The minimum absolute atomic E-state index is 0.0774. The molecule has 272 valence electrons. The highest BCUT2D eigenvalue weighted by atomic mass is 15.2. The number of rotatable bonds is 6. The van der Waals surface area contributed by atoms with Gasteiger partial charge in [-0.05, 0) is 123 Å². The summed E-state index contributed by atoms with van der Waals surface area (Å²) in [5.41, 5.74) is 20.3. The van der Waals surface area contributed by atoms with Gasteiger partial charge in [0.2, 0.25) is 0 Å². The molecule has 0 spiro atoms. The summed E-state index contributed by atoms with van der Waals surface area (Å²) in [5, 5.41) is 0. The van der Waals surface area contributed by atoms with Gasteiger partial charge in [-0.15, -0.1) is 0 Å². The van der Waals surface area contributed by atoms with Crippen LogP contribution in [0.25, 0.3) is 33.4 Å². The van der Waals surface area contributed by atoms with Crippen LogP contribution in [0.2, 0.25) is 0 Å². The van der Waals surface area contributed by atoms with Crippen LogP contribution in [0.4, 0.5) is 34.1 Å². The minimum Gasteiger partial charge on any atom is -0.311 e. The smallest absolute Gasteiger partial charge is 0.252 e. The van der Waals surface area contributed by atoms with Crippen LogP contribution in [0.5, 0.6) is 0 Å². The van der Waals surface area contributed by atoms with Crippen LogP contribution >= 0.6 is 0 Å². The van der Waals surface area contributed by atoms with Gasteiger partial charge in [0.25, 0.3) is 6.71 Å². The first kappa shape index (κ1) is 33.7. The number of benzene rings is 8. The fourth-order valence-corrected chi connectivity index (χ4v) is 9.91. The fraction of sp³-hybridized carbons (Fsp3) is 0.111. The second-order valence-corrected chi connectivity index (χ2v) is 15.9. The molecule has 3 aliphatic rings. The zero-order valence-electron chi connectivity index (χ0n) is 32.1. The summed E-state index contributed by atoms with van der Waals surface area (Å²) in [5.74, 6) is 0.531. The Morgan fingerprint density at radius 2 is 0.825 bits per heavy atom. The molecule has 0 unspecified atom stereocenters. The Balaban J connectivity index is 1.20. The molecule has 2 nitrogen and oxygen atoms in total. The standard InChI is InChI=1S/C54H43BN2/c1-5-17-38(18-6-1)42-25-15-27-46(33-42)56-50-30-14-13-29-48(50)55-49-32-31-44(40-21-9-3-10-22-40)35-51(49)57(47-28-16-26-43(34-47)39-19-7-2-8-20-39)53-37-45(36-52(56)54(53)55)41-23-11-4-12-24-41/h1-3,5-10,13-22,25-37,41H,4,11-12,23-24H2. The largest absolute Gasteiger partial charge is 0.311 e. The van der Waals surface area contributed by atoms with E-state index in [0.717, 1.165) is 0 Å². The molecule has 57 heavy (non-hydrogen) atoms. The number of hydrogen-bond acceptors (Lipinski definition) is 2. The summed E-state index contributed by atoms with van der Waals surface area (Å²) < 4.78 is 0. The molecule has 2 aliphatic heterocycles. The summed E-state index contributed by atoms with van der Waals surface area (Å²) in [6.07, 6.45) is 6.38. The Hall–Kier alpha value is -6.58. The van der Waals surface area contributed by atoms with Crippen molar-refractivity contribution in [3.05, 3.63) is 200 Å². The lowest BCUT2D eigenvalue weighted by Gasteiger charge is -2.45. The monoisotopic (exact) mass is 730 g/mol. The normalized spacial score (nSPS) is 14.5. The molecule has 0 amide bonds. The molecule has 2 heterocycles. The first-order chi connectivity index (χ1) is 28.3. The van der Waals surface area contributed by atoms with Gasteiger partial charge in [-0.25, -0.2) is 0 Å². The van der Waals surface area contributed by atoms with Crippen molar-refractivity contribution in [3.8, 4) is 33.4 Å². The van der Waals surface area contributed by atoms with E-state index in [1.807, 2.05) is 0 Å². The van der Waals surface area contributed by atoms with Crippen LogP contribution in [-0.4, -0.2) is 6.71 Å². The zero-order valence-corrected chi connectivity index (χ0v) is 32.1. The zero-order chi connectivity index (χ0) is 37.7. The van der Waals surface area contributed by atoms with E-state index in [4.69, 9.17) is 0 Å². The second kappa shape index (κ2) is 14.2. The molecule has 11 rings (SSSR count). The van der Waals surface area contributed by atoms with Crippen molar-refractivity contribution in [2.24, 2.45) is 0 Å². The quantitative estimate of drug-likeness (QED) is 0.157. The predicted molar refractivity (Wildman–Crippen MR) is 243 cm³/mol. The Kier molecular flexibility index (Phi) is 8.39. The van der Waals surface area contributed by atoms with E-state index in [0.29, 0.717) is 5.92 Å². The van der Waals surface area contributed by atoms with E-state index in [9.17, 15) is 0 Å². The van der Waals surface area contributed by atoms with Crippen molar-refractivity contribution in [1.29, 1.82) is 0 Å². The van der Waals surface area contributed by atoms with Crippen LogP contribution in [0, 0.1) is 0 Å². The van der Waals surface area contributed by atoms with Gasteiger partial charge in [0, 0.05) is 34.1 Å². The topological polar surface area (TPSA) is 6.48 Å². The Bertz CT molecular complexity index is 2740. The molecule has 0 N–H and O–H groups in total. The van der Waals surface area contributed by atoms with E-state index < -0.39 is 0 Å².